The van der Waals surface area contributed by atoms with Gasteiger partial charge in [0.2, 0.25) is 0 Å². The molecule has 0 aromatic heterocycles. The van der Waals surface area contributed by atoms with Crippen LogP contribution in [0.15, 0.2) is 142 Å². The zero-order chi connectivity index (χ0) is 35.8. The molecule has 5 rings (SSSR count). The van der Waals surface area contributed by atoms with Crippen molar-refractivity contribution < 1.29 is 23.8 Å². The minimum atomic E-state index is -0.441. The second-order valence-corrected chi connectivity index (χ2v) is 11.8. The van der Waals surface area contributed by atoms with E-state index in [4.69, 9.17) is 14.2 Å². The molecule has 0 aliphatic rings. The zero-order valence-corrected chi connectivity index (χ0v) is 28.9. The number of fused-ring (bicyclic) bond motifs is 1. The summed E-state index contributed by atoms with van der Waals surface area (Å²) in [6.07, 6.45) is 3.60. The molecule has 260 valence electrons. The standard InChI is InChI=1S/C41H41N5O5/c1-29(2)40(47)50-27-9-5-4-8-26-49-34-22-14-31(15-23-34)41(48)51-35-20-12-30(13-21-35)28-43-38-24-25-39(37-11-7-6-10-36(37)38)46-45-33-18-16-32(17-19-33)44-42-3/h6-7,10-25,43H,1,4-5,8-9,26-28H2,2-3H3/b44-42+,46-45+. The first-order valence-electron chi connectivity index (χ1n) is 16.8. The van der Waals surface area contributed by atoms with Gasteiger partial charge in [-0.3, -0.25) is 0 Å². The highest BCUT2D eigenvalue weighted by molar-refractivity contribution is 6.00. The number of unbranched alkanes of at least 4 members (excludes halogenated alkanes) is 3. The molecule has 0 atom stereocenters. The molecule has 0 radical (unpaired) electrons. The van der Waals surface area contributed by atoms with Gasteiger partial charge in [0, 0.05) is 35.6 Å². The van der Waals surface area contributed by atoms with Gasteiger partial charge in [0.05, 0.1) is 35.8 Å². The highest BCUT2D eigenvalue weighted by atomic mass is 16.5. The van der Waals surface area contributed by atoms with Crippen molar-refractivity contribution >= 4 is 45.5 Å². The molecule has 5 aromatic carbocycles. The Morgan fingerprint density at radius 2 is 1.33 bits per heavy atom. The summed E-state index contributed by atoms with van der Waals surface area (Å²) < 4.78 is 16.5. The number of esters is 2. The Labute approximate surface area is 297 Å². The van der Waals surface area contributed by atoms with E-state index in [0.717, 1.165) is 64.8 Å². The Morgan fingerprint density at radius 3 is 2.02 bits per heavy atom. The molecule has 0 bridgehead atoms. The number of rotatable bonds is 17. The summed E-state index contributed by atoms with van der Waals surface area (Å²) in [4.78, 5) is 24.2. The van der Waals surface area contributed by atoms with Gasteiger partial charge in [0.1, 0.15) is 11.5 Å². The fourth-order valence-corrected chi connectivity index (χ4v) is 5.10. The van der Waals surface area contributed by atoms with Gasteiger partial charge >= 0.3 is 11.9 Å². The largest absolute Gasteiger partial charge is 0.494 e. The van der Waals surface area contributed by atoms with Crippen molar-refractivity contribution in [2.75, 3.05) is 25.6 Å². The summed E-state index contributed by atoms with van der Waals surface area (Å²) in [5, 5.41) is 22.3. The molecule has 0 unspecified atom stereocenters. The van der Waals surface area contributed by atoms with Gasteiger partial charge in [-0.1, -0.05) is 43.0 Å². The predicted octanol–water partition coefficient (Wildman–Crippen LogP) is 10.9. The fraction of sp³-hybridized carbons (Fsp3) is 0.220. The fourth-order valence-electron chi connectivity index (χ4n) is 5.10. The van der Waals surface area contributed by atoms with E-state index in [1.165, 1.54) is 0 Å². The minimum Gasteiger partial charge on any atom is -0.494 e. The van der Waals surface area contributed by atoms with Crippen LogP contribution in [0.25, 0.3) is 10.8 Å². The number of anilines is 1. The smallest absolute Gasteiger partial charge is 0.343 e. The van der Waals surface area contributed by atoms with Gasteiger partial charge in [0.15, 0.2) is 0 Å². The lowest BCUT2D eigenvalue weighted by Crippen LogP contribution is -2.08. The van der Waals surface area contributed by atoms with Crippen LogP contribution in [0.1, 0.15) is 48.5 Å². The lowest BCUT2D eigenvalue weighted by Gasteiger charge is -2.12. The number of ether oxygens (including phenoxy) is 3. The van der Waals surface area contributed by atoms with Crippen molar-refractivity contribution in [2.24, 2.45) is 20.5 Å². The number of nitrogens with zero attached hydrogens (tertiary/aromatic N) is 4. The molecule has 0 fully saturated rings. The van der Waals surface area contributed by atoms with Crippen LogP contribution in [0.4, 0.5) is 22.7 Å². The van der Waals surface area contributed by atoms with E-state index in [-0.39, 0.29) is 5.97 Å². The van der Waals surface area contributed by atoms with E-state index >= 15 is 0 Å². The molecule has 51 heavy (non-hydrogen) atoms. The first-order valence-corrected chi connectivity index (χ1v) is 16.8. The van der Waals surface area contributed by atoms with Crippen LogP contribution in [-0.2, 0) is 16.1 Å². The van der Waals surface area contributed by atoms with E-state index < -0.39 is 5.97 Å². The van der Waals surface area contributed by atoms with Gasteiger partial charge in [-0.2, -0.15) is 15.3 Å². The molecule has 0 saturated heterocycles. The number of benzene rings is 5. The summed E-state index contributed by atoms with van der Waals surface area (Å²) >= 11 is 0. The molecule has 10 nitrogen and oxygen atoms in total. The highest BCUT2D eigenvalue weighted by Crippen LogP contribution is 2.33. The van der Waals surface area contributed by atoms with Gasteiger partial charge in [-0.25, -0.2) is 9.59 Å². The number of hydrogen-bond donors (Lipinski definition) is 1. The average molecular weight is 684 g/mol. The van der Waals surface area contributed by atoms with E-state index in [1.54, 1.807) is 50.4 Å². The minimum absolute atomic E-state index is 0.346. The number of carbonyl (C=O) groups excluding carboxylic acids is 2. The molecule has 1 N–H and O–H groups in total. The number of hydrogen-bond acceptors (Lipinski definition) is 10. The second kappa shape index (κ2) is 18.6. The summed E-state index contributed by atoms with van der Waals surface area (Å²) in [7, 11) is 1.63. The number of carbonyl (C=O) groups is 2. The highest BCUT2D eigenvalue weighted by Gasteiger charge is 2.10. The third-order valence-corrected chi connectivity index (χ3v) is 7.84. The van der Waals surface area contributed by atoms with Crippen molar-refractivity contribution in [3.8, 4) is 11.5 Å². The molecular formula is C41H41N5O5. The lowest BCUT2D eigenvalue weighted by atomic mass is 10.1. The Balaban J connectivity index is 1.07. The van der Waals surface area contributed by atoms with Gasteiger partial charge in [0.25, 0.3) is 0 Å². The summed E-state index contributed by atoms with van der Waals surface area (Å²) in [5.41, 5.74) is 5.11. The van der Waals surface area contributed by atoms with Crippen LogP contribution < -0.4 is 14.8 Å². The maximum atomic E-state index is 12.8. The van der Waals surface area contributed by atoms with E-state index in [9.17, 15) is 9.59 Å². The molecule has 5 aromatic rings. The molecule has 0 saturated carbocycles. The van der Waals surface area contributed by atoms with Crippen molar-refractivity contribution in [1.29, 1.82) is 0 Å². The summed E-state index contributed by atoms with van der Waals surface area (Å²) in [6.45, 7) is 6.75. The third-order valence-electron chi connectivity index (χ3n) is 7.84. The monoisotopic (exact) mass is 683 g/mol. The van der Waals surface area contributed by atoms with Crippen LogP contribution >= 0.6 is 0 Å². The molecule has 10 heteroatoms. The Hall–Kier alpha value is -6.16. The third kappa shape index (κ3) is 10.9. The lowest BCUT2D eigenvalue weighted by molar-refractivity contribution is -0.139. The normalized spacial score (nSPS) is 11.2. The van der Waals surface area contributed by atoms with Crippen molar-refractivity contribution in [2.45, 2.75) is 39.2 Å². The molecule has 0 spiro atoms. The van der Waals surface area contributed by atoms with Crippen molar-refractivity contribution in [3.63, 3.8) is 0 Å². The Bertz CT molecular complexity index is 1990. The molecule has 0 aliphatic carbocycles. The maximum absolute atomic E-state index is 12.8. The van der Waals surface area contributed by atoms with Crippen LogP contribution in [-0.4, -0.2) is 32.2 Å². The zero-order valence-electron chi connectivity index (χ0n) is 28.9. The van der Waals surface area contributed by atoms with E-state index in [1.807, 2.05) is 66.7 Å². The molecule has 0 amide bonds. The molecule has 0 heterocycles. The average Bonchev–Trinajstić information content (AvgIpc) is 3.15. The van der Waals surface area contributed by atoms with Crippen LogP contribution in [0.5, 0.6) is 11.5 Å². The van der Waals surface area contributed by atoms with Crippen LogP contribution in [0.3, 0.4) is 0 Å². The first kappa shape index (κ1) is 36.1. The molecule has 0 aliphatic heterocycles. The Kier molecular flexibility index (Phi) is 13.1. The summed E-state index contributed by atoms with van der Waals surface area (Å²) in [6, 6.07) is 33.8. The number of nitrogens with one attached hydrogen (secondary N) is 1. The van der Waals surface area contributed by atoms with Gasteiger partial charge in [-0.15, -0.1) is 5.11 Å². The quantitative estimate of drug-likeness (QED) is 0.0342. The van der Waals surface area contributed by atoms with E-state index in [2.05, 4.69) is 38.4 Å². The first-order chi connectivity index (χ1) is 24.9. The van der Waals surface area contributed by atoms with Crippen LogP contribution in [0.2, 0.25) is 0 Å². The van der Waals surface area contributed by atoms with Crippen molar-refractivity contribution in [3.05, 3.63) is 132 Å². The Morgan fingerprint density at radius 1 is 0.686 bits per heavy atom. The van der Waals surface area contributed by atoms with Gasteiger partial charge < -0.3 is 19.5 Å². The van der Waals surface area contributed by atoms with Crippen molar-refractivity contribution in [1.82, 2.24) is 0 Å². The van der Waals surface area contributed by atoms with E-state index in [0.29, 0.717) is 42.4 Å². The second-order valence-electron chi connectivity index (χ2n) is 11.8. The SMILES string of the molecule is C=C(C)C(=O)OCCCCCCOc1ccc(C(=O)Oc2ccc(CNc3ccc(/N=N/c4ccc(/N=N/C)cc4)c4ccccc34)cc2)cc1. The van der Waals surface area contributed by atoms with Crippen LogP contribution in [0, 0.1) is 0 Å². The number of azo groups is 2. The topological polar surface area (TPSA) is 123 Å². The summed E-state index contributed by atoms with van der Waals surface area (Å²) in [5.74, 6) is 0.362. The molecular weight excluding hydrogens is 642 g/mol. The van der Waals surface area contributed by atoms with Gasteiger partial charge in [-0.05, 0) is 111 Å². The maximum Gasteiger partial charge on any atom is 0.343 e. The predicted molar refractivity (Wildman–Crippen MR) is 200 cm³/mol.